The van der Waals surface area contributed by atoms with E-state index in [2.05, 4.69) is 10.3 Å². The highest BCUT2D eigenvalue weighted by atomic mass is 35.5. The van der Waals surface area contributed by atoms with E-state index in [4.69, 9.17) is 27.9 Å². The van der Waals surface area contributed by atoms with E-state index in [1.54, 1.807) is 31.4 Å². The monoisotopic (exact) mass is 432 g/mol. The van der Waals surface area contributed by atoms with E-state index in [-0.39, 0.29) is 5.91 Å². The topological polar surface area (TPSA) is 51.2 Å². The fourth-order valence-electron chi connectivity index (χ4n) is 2.69. The zero-order valence-corrected chi connectivity index (χ0v) is 17.9. The van der Waals surface area contributed by atoms with E-state index in [0.29, 0.717) is 20.7 Å². The van der Waals surface area contributed by atoms with E-state index in [9.17, 15) is 4.79 Å². The summed E-state index contributed by atoms with van der Waals surface area (Å²) in [6.45, 7) is 3.96. The van der Waals surface area contributed by atoms with Gasteiger partial charge in [-0.1, -0.05) is 29.3 Å². The first-order chi connectivity index (χ1) is 13.4. The van der Waals surface area contributed by atoms with Crippen LogP contribution in [0.1, 0.15) is 16.0 Å². The number of rotatable bonds is 5. The molecule has 0 aliphatic carbocycles. The van der Waals surface area contributed by atoms with Crippen LogP contribution < -0.4 is 10.1 Å². The molecular weight excluding hydrogens is 415 g/mol. The molecule has 1 aromatic heterocycles. The molecule has 0 radical (unpaired) electrons. The summed E-state index contributed by atoms with van der Waals surface area (Å²) in [5, 5.41) is 4.37. The summed E-state index contributed by atoms with van der Waals surface area (Å²) < 4.78 is 5.30. The van der Waals surface area contributed by atoms with Gasteiger partial charge in [-0.05, 0) is 61.4 Å². The van der Waals surface area contributed by atoms with Gasteiger partial charge in [-0.2, -0.15) is 0 Å². The van der Waals surface area contributed by atoms with Crippen molar-refractivity contribution in [2.75, 3.05) is 12.4 Å². The van der Waals surface area contributed by atoms with E-state index in [0.717, 1.165) is 27.4 Å². The summed E-state index contributed by atoms with van der Waals surface area (Å²) in [7, 11) is 1.65. The lowest BCUT2D eigenvalue weighted by Crippen LogP contribution is -2.07. The van der Waals surface area contributed by atoms with Gasteiger partial charge in [0.25, 0.3) is 0 Å². The Morgan fingerprint density at radius 1 is 1.18 bits per heavy atom. The minimum absolute atomic E-state index is 0.280. The van der Waals surface area contributed by atoms with Gasteiger partial charge in [0.1, 0.15) is 5.75 Å². The largest absolute Gasteiger partial charge is 0.496 e. The predicted octanol–water partition coefficient (Wildman–Crippen LogP) is 6.39. The molecule has 3 rings (SSSR count). The first kappa shape index (κ1) is 20.4. The van der Waals surface area contributed by atoms with E-state index in [1.165, 1.54) is 17.4 Å². The first-order valence-corrected chi connectivity index (χ1v) is 10.0. The molecule has 2 aromatic carbocycles. The molecule has 3 aromatic rings. The Kier molecular flexibility index (Phi) is 6.39. The molecule has 0 aliphatic heterocycles. The number of aryl methyl sites for hydroxylation is 2. The number of nitrogens with one attached hydrogen (secondary N) is 1. The molecule has 7 heteroatoms. The molecule has 0 unspecified atom stereocenters. The third kappa shape index (κ3) is 4.73. The summed E-state index contributed by atoms with van der Waals surface area (Å²) in [6, 6.07) is 11.0. The van der Waals surface area contributed by atoms with Crippen LogP contribution in [0.5, 0.6) is 5.75 Å². The fourth-order valence-corrected chi connectivity index (χ4v) is 4.00. The molecule has 0 spiro atoms. The summed E-state index contributed by atoms with van der Waals surface area (Å²) in [5.41, 5.74) is 3.57. The summed E-state index contributed by atoms with van der Waals surface area (Å²) in [4.78, 5) is 17.8. The third-order valence-corrected chi connectivity index (χ3v) is 5.52. The van der Waals surface area contributed by atoms with Gasteiger partial charge in [0, 0.05) is 26.6 Å². The van der Waals surface area contributed by atoms with Gasteiger partial charge in [-0.3, -0.25) is 10.1 Å². The zero-order chi connectivity index (χ0) is 20.3. The number of amides is 1. The number of ether oxygens (including phenoxy) is 1. The van der Waals surface area contributed by atoms with Crippen molar-refractivity contribution in [3.05, 3.63) is 68.5 Å². The van der Waals surface area contributed by atoms with Crippen LogP contribution in [0.2, 0.25) is 10.0 Å². The standard InChI is InChI=1S/C21H18Cl2N2O2S/c1-12-10-15(5-8-18(12)27-3)20-13(2)28-21(25-20)24-19(26)9-6-14-4-7-16(22)11-17(14)23/h4-11H,1-3H3,(H,24,25,26)/b9-6+. The second kappa shape index (κ2) is 8.78. The average molecular weight is 433 g/mol. The number of thiazole rings is 1. The van der Waals surface area contributed by atoms with E-state index >= 15 is 0 Å². The van der Waals surface area contributed by atoms with Gasteiger partial charge >= 0.3 is 0 Å². The highest BCUT2D eigenvalue weighted by Gasteiger charge is 2.12. The van der Waals surface area contributed by atoms with Crippen LogP contribution in [0, 0.1) is 13.8 Å². The molecule has 0 saturated heterocycles. The number of benzene rings is 2. The number of carbonyl (C=O) groups excluding carboxylic acids is 1. The number of aromatic nitrogens is 1. The molecule has 0 aliphatic rings. The molecule has 0 fully saturated rings. The summed E-state index contributed by atoms with van der Waals surface area (Å²) >= 11 is 13.4. The van der Waals surface area contributed by atoms with Crippen LogP contribution in [-0.2, 0) is 4.79 Å². The van der Waals surface area contributed by atoms with Crippen LogP contribution in [0.25, 0.3) is 17.3 Å². The van der Waals surface area contributed by atoms with Crippen molar-refractivity contribution in [3.8, 4) is 17.0 Å². The Hall–Kier alpha value is -2.34. The molecule has 1 heterocycles. The van der Waals surface area contributed by atoms with Crippen LogP contribution in [0.4, 0.5) is 5.13 Å². The van der Waals surface area contributed by atoms with Crippen molar-refractivity contribution >= 4 is 51.7 Å². The van der Waals surface area contributed by atoms with Crippen molar-refractivity contribution in [3.63, 3.8) is 0 Å². The van der Waals surface area contributed by atoms with Crippen LogP contribution in [0.3, 0.4) is 0 Å². The van der Waals surface area contributed by atoms with Crippen molar-refractivity contribution in [2.24, 2.45) is 0 Å². The Morgan fingerprint density at radius 3 is 2.64 bits per heavy atom. The van der Waals surface area contributed by atoms with Gasteiger partial charge in [0.2, 0.25) is 5.91 Å². The van der Waals surface area contributed by atoms with Gasteiger partial charge in [0.15, 0.2) is 5.13 Å². The predicted molar refractivity (Wildman–Crippen MR) is 118 cm³/mol. The third-order valence-electron chi connectivity index (χ3n) is 4.07. The molecule has 0 saturated carbocycles. The van der Waals surface area contributed by atoms with Gasteiger partial charge in [-0.15, -0.1) is 11.3 Å². The molecule has 1 amide bonds. The number of anilines is 1. The number of nitrogens with zero attached hydrogens (tertiary/aromatic N) is 1. The molecule has 4 nitrogen and oxygen atoms in total. The van der Waals surface area contributed by atoms with Gasteiger partial charge in [0.05, 0.1) is 12.8 Å². The van der Waals surface area contributed by atoms with Crippen molar-refractivity contribution in [1.29, 1.82) is 0 Å². The summed E-state index contributed by atoms with van der Waals surface area (Å²) in [6.07, 6.45) is 3.06. The molecule has 144 valence electrons. The maximum Gasteiger partial charge on any atom is 0.250 e. The van der Waals surface area contributed by atoms with Gasteiger partial charge < -0.3 is 4.74 Å². The zero-order valence-electron chi connectivity index (χ0n) is 15.5. The smallest absolute Gasteiger partial charge is 0.250 e. The lowest BCUT2D eigenvalue weighted by molar-refractivity contribution is -0.111. The normalized spacial score (nSPS) is 11.0. The molecular formula is C21H18Cl2N2O2S. The number of halogens is 2. The van der Waals surface area contributed by atoms with Crippen molar-refractivity contribution in [1.82, 2.24) is 4.98 Å². The SMILES string of the molecule is COc1ccc(-c2nc(NC(=O)/C=C/c3ccc(Cl)cc3Cl)sc2C)cc1C. The lowest BCUT2D eigenvalue weighted by Gasteiger charge is -2.06. The Labute approximate surface area is 177 Å². The molecule has 1 N–H and O–H groups in total. The van der Waals surface area contributed by atoms with Crippen LogP contribution >= 0.6 is 34.5 Å². The van der Waals surface area contributed by atoms with Crippen LogP contribution in [-0.4, -0.2) is 18.0 Å². The Balaban J connectivity index is 1.75. The Bertz CT molecular complexity index is 1060. The number of carbonyl (C=O) groups is 1. The number of hydrogen-bond acceptors (Lipinski definition) is 4. The second-order valence-corrected chi connectivity index (χ2v) is 8.14. The molecule has 0 bridgehead atoms. The molecule has 0 atom stereocenters. The lowest BCUT2D eigenvalue weighted by atomic mass is 10.1. The highest BCUT2D eigenvalue weighted by molar-refractivity contribution is 7.16. The van der Waals surface area contributed by atoms with Crippen molar-refractivity contribution < 1.29 is 9.53 Å². The van der Waals surface area contributed by atoms with E-state index < -0.39 is 0 Å². The summed E-state index contributed by atoms with van der Waals surface area (Å²) in [5.74, 6) is 0.549. The highest BCUT2D eigenvalue weighted by Crippen LogP contribution is 2.32. The van der Waals surface area contributed by atoms with E-state index in [1.807, 2.05) is 32.0 Å². The average Bonchev–Trinajstić information content (AvgIpc) is 3.01. The number of hydrogen-bond donors (Lipinski definition) is 1. The Morgan fingerprint density at radius 2 is 1.96 bits per heavy atom. The fraction of sp³-hybridized carbons (Fsp3) is 0.143. The van der Waals surface area contributed by atoms with Crippen molar-refractivity contribution in [2.45, 2.75) is 13.8 Å². The maximum atomic E-state index is 12.2. The minimum Gasteiger partial charge on any atom is -0.496 e. The van der Waals surface area contributed by atoms with Crippen LogP contribution in [0.15, 0.2) is 42.5 Å². The quantitative estimate of drug-likeness (QED) is 0.474. The molecule has 28 heavy (non-hydrogen) atoms. The number of methoxy groups -OCH3 is 1. The second-order valence-electron chi connectivity index (χ2n) is 6.10. The van der Waals surface area contributed by atoms with Gasteiger partial charge in [-0.25, -0.2) is 4.98 Å². The maximum absolute atomic E-state index is 12.2. The minimum atomic E-state index is -0.280. The first-order valence-electron chi connectivity index (χ1n) is 8.44.